The average molecular weight is 363 g/mol. The van der Waals surface area contributed by atoms with Gasteiger partial charge in [-0.2, -0.15) is 4.98 Å². The molecule has 0 amide bonds. The summed E-state index contributed by atoms with van der Waals surface area (Å²) in [5, 5.41) is 4.00. The first kappa shape index (κ1) is 17.0. The van der Waals surface area contributed by atoms with Crippen molar-refractivity contribution in [2.24, 2.45) is 4.99 Å². The maximum Gasteiger partial charge on any atom is 0.243 e. The Balaban J connectivity index is 1.67. The van der Waals surface area contributed by atoms with E-state index in [4.69, 9.17) is 14.0 Å². The molecule has 1 unspecified atom stereocenters. The summed E-state index contributed by atoms with van der Waals surface area (Å²) in [6, 6.07) is 10.9. The molecule has 0 aliphatic carbocycles. The summed E-state index contributed by atoms with van der Waals surface area (Å²) in [7, 11) is 3.12. The molecule has 0 bridgehead atoms. The summed E-state index contributed by atoms with van der Waals surface area (Å²) in [4.78, 5) is 21.6. The van der Waals surface area contributed by atoms with Crippen molar-refractivity contribution in [2.45, 2.75) is 12.8 Å². The lowest BCUT2D eigenvalue weighted by atomic mass is 9.93. The number of benzene rings is 2. The van der Waals surface area contributed by atoms with E-state index in [2.05, 4.69) is 15.1 Å². The molecule has 0 fully saturated rings. The molecule has 2 heterocycles. The summed E-state index contributed by atoms with van der Waals surface area (Å²) in [6.07, 6.45) is 1.55. The Hall–Kier alpha value is -3.48. The van der Waals surface area contributed by atoms with Crippen LogP contribution >= 0.6 is 0 Å². The normalized spacial score (nSPS) is 15.5. The fraction of sp³-hybridized carbons (Fsp3) is 0.200. The number of fused-ring (bicyclic) bond motifs is 1. The summed E-state index contributed by atoms with van der Waals surface area (Å²) in [5.74, 6) is 0.933. The number of rotatable bonds is 4. The van der Waals surface area contributed by atoms with Crippen molar-refractivity contribution in [1.29, 1.82) is 0 Å². The van der Waals surface area contributed by atoms with Crippen molar-refractivity contribution in [3.8, 4) is 22.9 Å². The molecule has 1 aliphatic rings. The number of nitrogens with zero attached hydrogens (tertiary/aromatic N) is 3. The van der Waals surface area contributed by atoms with E-state index in [1.165, 1.54) is 0 Å². The van der Waals surface area contributed by atoms with Crippen molar-refractivity contribution in [3.63, 3.8) is 0 Å². The summed E-state index contributed by atoms with van der Waals surface area (Å²) < 4.78 is 15.9. The Bertz CT molecular complexity index is 1060. The molecule has 3 aromatic rings. The minimum Gasteiger partial charge on any atom is -0.493 e. The van der Waals surface area contributed by atoms with Crippen LogP contribution in [0.1, 0.15) is 27.7 Å². The van der Waals surface area contributed by atoms with Crippen molar-refractivity contribution >= 4 is 17.7 Å². The number of ether oxygens (including phenoxy) is 2. The van der Waals surface area contributed by atoms with Crippen LogP contribution < -0.4 is 9.47 Å². The lowest BCUT2D eigenvalue weighted by Crippen LogP contribution is -2.18. The van der Waals surface area contributed by atoms with Gasteiger partial charge in [-0.3, -0.25) is 9.79 Å². The summed E-state index contributed by atoms with van der Waals surface area (Å²) in [6.45, 7) is 1.93. The Labute approximate surface area is 155 Å². The van der Waals surface area contributed by atoms with Gasteiger partial charge in [-0.15, -0.1) is 0 Å². The van der Waals surface area contributed by atoms with Gasteiger partial charge in [0.15, 0.2) is 17.3 Å². The minimum atomic E-state index is -0.694. The van der Waals surface area contributed by atoms with Gasteiger partial charge in [0, 0.05) is 17.3 Å². The van der Waals surface area contributed by atoms with Crippen molar-refractivity contribution < 1.29 is 18.8 Å². The van der Waals surface area contributed by atoms with Gasteiger partial charge in [0.25, 0.3) is 0 Å². The number of Topliss-reactive ketones (excluding diaryl/α,β-unsaturated/α-hetero) is 1. The van der Waals surface area contributed by atoms with Gasteiger partial charge in [-0.25, -0.2) is 0 Å². The standard InChI is InChI=1S/C20H17N3O4/c1-11-4-6-15-13(8-11)18(24)14(10-21-15)20-22-19(23-27-20)12-5-7-16(25-2)17(9-12)26-3/h4-10,14H,1-3H3. The Kier molecular flexibility index (Phi) is 4.19. The van der Waals surface area contributed by atoms with Crippen LogP contribution in [0.3, 0.4) is 0 Å². The zero-order valence-corrected chi connectivity index (χ0v) is 15.1. The van der Waals surface area contributed by atoms with Gasteiger partial charge < -0.3 is 14.0 Å². The van der Waals surface area contributed by atoms with Gasteiger partial charge in [-0.1, -0.05) is 16.8 Å². The molecule has 0 spiro atoms. The van der Waals surface area contributed by atoms with E-state index in [1.54, 1.807) is 38.6 Å². The molecule has 0 N–H and O–H groups in total. The van der Waals surface area contributed by atoms with Gasteiger partial charge >= 0.3 is 0 Å². The summed E-state index contributed by atoms with van der Waals surface area (Å²) >= 11 is 0. The SMILES string of the molecule is COc1ccc(-c2noc(C3C=Nc4ccc(C)cc4C3=O)n2)cc1OC. The monoisotopic (exact) mass is 363 g/mol. The number of hydrogen-bond donors (Lipinski definition) is 0. The number of aliphatic imine (C=N–C) groups is 1. The maximum atomic E-state index is 12.8. The second-order valence-corrected chi connectivity index (χ2v) is 6.17. The molecule has 0 radical (unpaired) electrons. The number of methoxy groups -OCH3 is 2. The maximum absolute atomic E-state index is 12.8. The molecular formula is C20H17N3O4. The molecule has 1 atom stereocenters. The molecule has 7 nitrogen and oxygen atoms in total. The van der Waals surface area contributed by atoms with Crippen molar-refractivity contribution in [1.82, 2.24) is 10.1 Å². The molecule has 7 heteroatoms. The largest absolute Gasteiger partial charge is 0.493 e. The molecule has 27 heavy (non-hydrogen) atoms. The third kappa shape index (κ3) is 2.97. The molecule has 0 saturated heterocycles. The van der Waals surface area contributed by atoms with Crippen LogP contribution in [0, 0.1) is 6.92 Å². The van der Waals surface area contributed by atoms with Crippen LogP contribution in [0.2, 0.25) is 0 Å². The highest BCUT2D eigenvalue weighted by atomic mass is 16.5. The highest BCUT2D eigenvalue weighted by Gasteiger charge is 2.31. The van der Waals surface area contributed by atoms with E-state index in [0.29, 0.717) is 34.1 Å². The number of aryl methyl sites for hydroxylation is 1. The molecule has 136 valence electrons. The first-order chi connectivity index (χ1) is 13.1. The van der Waals surface area contributed by atoms with Gasteiger partial charge in [-0.05, 0) is 37.3 Å². The number of aromatic nitrogens is 2. The van der Waals surface area contributed by atoms with Crippen LogP contribution in [0.15, 0.2) is 45.9 Å². The zero-order valence-electron chi connectivity index (χ0n) is 15.1. The van der Waals surface area contributed by atoms with Crippen LogP contribution in [-0.4, -0.2) is 36.4 Å². The zero-order chi connectivity index (χ0) is 19.0. The predicted octanol–water partition coefficient (Wildman–Crippen LogP) is 3.74. The van der Waals surface area contributed by atoms with E-state index < -0.39 is 5.92 Å². The van der Waals surface area contributed by atoms with E-state index >= 15 is 0 Å². The first-order valence-corrected chi connectivity index (χ1v) is 8.35. The highest BCUT2D eigenvalue weighted by Crippen LogP contribution is 2.34. The third-order valence-corrected chi connectivity index (χ3v) is 4.41. The first-order valence-electron chi connectivity index (χ1n) is 8.35. The molecule has 1 aromatic heterocycles. The number of carbonyl (C=O) groups excluding carboxylic acids is 1. The fourth-order valence-electron chi connectivity index (χ4n) is 2.98. The summed E-state index contributed by atoms with van der Waals surface area (Å²) in [5.41, 5.74) is 2.91. The van der Waals surface area contributed by atoms with E-state index in [0.717, 1.165) is 5.56 Å². The van der Waals surface area contributed by atoms with E-state index in [1.807, 2.05) is 25.1 Å². The van der Waals surface area contributed by atoms with Gasteiger partial charge in [0.05, 0.1) is 19.9 Å². The Morgan fingerprint density at radius 3 is 2.63 bits per heavy atom. The lowest BCUT2D eigenvalue weighted by molar-refractivity contribution is 0.0971. The third-order valence-electron chi connectivity index (χ3n) is 4.41. The minimum absolute atomic E-state index is 0.105. The molecule has 4 rings (SSSR count). The van der Waals surface area contributed by atoms with Gasteiger partial charge in [0.2, 0.25) is 11.7 Å². The number of carbonyl (C=O) groups is 1. The molecule has 1 aliphatic heterocycles. The number of ketones is 1. The fourth-order valence-corrected chi connectivity index (χ4v) is 2.98. The second kappa shape index (κ2) is 6.68. The number of hydrogen-bond acceptors (Lipinski definition) is 7. The quantitative estimate of drug-likeness (QED) is 0.702. The average Bonchev–Trinajstić information content (AvgIpc) is 3.18. The highest BCUT2D eigenvalue weighted by molar-refractivity contribution is 6.15. The van der Waals surface area contributed by atoms with Crippen LogP contribution in [0.5, 0.6) is 11.5 Å². The van der Waals surface area contributed by atoms with Crippen LogP contribution in [0.25, 0.3) is 11.4 Å². The topological polar surface area (TPSA) is 86.8 Å². The van der Waals surface area contributed by atoms with E-state index in [-0.39, 0.29) is 11.7 Å². The Morgan fingerprint density at radius 2 is 1.85 bits per heavy atom. The van der Waals surface area contributed by atoms with Crippen LogP contribution in [-0.2, 0) is 0 Å². The smallest absolute Gasteiger partial charge is 0.243 e. The lowest BCUT2D eigenvalue weighted by Gasteiger charge is -2.14. The molecular weight excluding hydrogens is 346 g/mol. The van der Waals surface area contributed by atoms with Gasteiger partial charge in [0.1, 0.15) is 5.92 Å². The molecule has 0 saturated carbocycles. The Morgan fingerprint density at radius 1 is 1.04 bits per heavy atom. The molecule has 2 aromatic carbocycles. The van der Waals surface area contributed by atoms with Crippen molar-refractivity contribution in [2.75, 3.05) is 14.2 Å². The predicted molar refractivity (Wildman–Crippen MR) is 99.2 cm³/mol. The second-order valence-electron chi connectivity index (χ2n) is 6.17. The van der Waals surface area contributed by atoms with Crippen molar-refractivity contribution in [3.05, 3.63) is 53.4 Å². The van der Waals surface area contributed by atoms with E-state index in [9.17, 15) is 4.79 Å². The van der Waals surface area contributed by atoms with Crippen LogP contribution in [0.4, 0.5) is 5.69 Å².